The minimum absolute atomic E-state index is 0.282. The van der Waals surface area contributed by atoms with Gasteiger partial charge in [0.05, 0.1) is 15.4 Å². The standard InChI is InChI=1S/C8H5ClN2O6/c1-3-5(10(14)15)2-4(8(12)13)6(9)7(3)11(16)17/h2H,1H3,(H,12,13). The zero-order valence-electron chi connectivity index (χ0n) is 8.34. The number of hydrogen-bond donors (Lipinski definition) is 1. The van der Waals surface area contributed by atoms with Crippen molar-refractivity contribution < 1.29 is 19.7 Å². The van der Waals surface area contributed by atoms with Gasteiger partial charge in [-0.2, -0.15) is 0 Å². The number of hydrogen-bond acceptors (Lipinski definition) is 5. The van der Waals surface area contributed by atoms with E-state index in [9.17, 15) is 25.0 Å². The van der Waals surface area contributed by atoms with Crippen molar-refractivity contribution in [3.05, 3.63) is 42.4 Å². The van der Waals surface area contributed by atoms with Crippen LogP contribution in [0.4, 0.5) is 11.4 Å². The highest BCUT2D eigenvalue weighted by Crippen LogP contribution is 2.37. The molecule has 0 unspecified atom stereocenters. The summed E-state index contributed by atoms with van der Waals surface area (Å²) in [5.74, 6) is -1.57. The van der Waals surface area contributed by atoms with E-state index < -0.39 is 37.8 Å². The number of nitro groups is 2. The van der Waals surface area contributed by atoms with Crippen molar-refractivity contribution in [2.24, 2.45) is 0 Å². The largest absolute Gasteiger partial charge is 0.478 e. The van der Waals surface area contributed by atoms with Crippen LogP contribution in [-0.2, 0) is 0 Å². The second-order valence-corrected chi connectivity index (χ2v) is 3.43. The molecule has 1 N–H and O–H groups in total. The van der Waals surface area contributed by atoms with E-state index in [1.807, 2.05) is 0 Å². The Morgan fingerprint density at radius 2 is 1.88 bits per heavy atom. The molecule has 1 aromatic rings. The van der Waals surface area contributed by atoms with Crippen molar-refractivity contribution in [1.82, 2.24) is 0 Å². The maximum Gasteiger partial charge on any atom is 0.337 e. The molecule has 90 valence electrons. The van der Waals surface area contributed by atoms with E-state index in [1.54, 1.807) is 0 Å². The van der Waals surface area contributed by atoms with E-state index in [1.165, 1.54) is 0 Å². The van der Waals surface area contributed by atoms with Gasteiger partial charge in [0.2, 0.25) is 0 Å². The van der Waals surface area contributed by atoms with Gasteiger partial charge in [-0.3, -0.25) is 20.2 Å². The van der Waals surface area contributed by atoms with Crippen molar-refractivity contribution in [1.29, 1.82) is 0 Å². The predicted molar refractivity (Wildman–Crippen MR) is 56.5 cm³/mol. The molecule has 8 nitrogen and oxygen atoms in total. The topological polar surface area (TPSA) is 124 Å². The van der Waals surface area contributed by atoms with Crippen LogP contribution < -0.4 is 0 Å². The molecule has 9 heteroatoms. The number of rotatable bonds is 3. The maximum absolute atomic E-state index is 10.8. The Balaban J connectivity index is 3.76. The lowest BCUT2D eigenvalue weighted by molar-refractivity contribution is -0.395. The molecule has 0 spiro atoms. The summed E-state index contributed by atoms with van der Waals surface area (Å²) in [5, 5.41) is 29.4. The highest BCUT2D eigenvalue weighted by Gasteiger charge is 2.30. The van der Waals surface area contributed by atoms with Gasteiger partial charge in [0.25, 0.3) is 11.4 Å². The van der Waals surface area contributed by atoms with E-state index in [4.69, 9.17) is 16.7 Å². The third-order valence-electron chi connectivity index (χ3n) is 2.07. The minimum Gasteiger partial charge on any atom is -0.478 e. The average molecular weight is 261 g/mol. The zero-order chi connectivity index (χ0) is 13.3. The fourth-order valence-electron chi connectivity index (χ4n) is 1.28. The Labute approximate surface area is 98.7 Å². The van der Waals surface area contributed by atoms with Crippen LogP contribution in [0, 0.1) is 27.2 Å². The summed E-state index contributed by atoms with van der Waals surface area (Å²) in [5.41, 5.74) is -2.37. The third kappa shape index (κ3) is 2.16. The summed E-state index contributed by atoms with van der Waals surface area (Å²) in [6, 6.07) is 0.701. The molecule has 0 heterocycles. The van der Waals surface area contributed by atoms with Gasteiger partial charge in [0, 0.05) is 6.07 Å². The van der Waals surface area contributed by atoms with Gasteiger partial charge in [0.15, 0.2) is 0 Å². The Morgan fingerprint density at radius 3 is 2.24 bits per heavy atom. The number of carboxylic acid groups (broad SMARTS) is 1. The molecule has 0 saturated carbocycles. The molecule has 1 aromatic carbocycles. The lowest BCUT2D eigenvalue weighted by Gasteiger charge is -2.04. The van der Waals surface area contributed by atoms with Gasteiger partial charge < -0.3 is 5.11 Å². The van der Waals surface area contributed by atoms with Crippen molar-refractivity contribution in [3.8, 4) is 0 Å². The molecule has 0 atom stereocenters. The molecule has 17 heavy (non-hydrogen) atoms. The van der Waals surface area contributed by atoms with Gasteiger partial charge >= 0.3 is 5.97 Å². The number of nitrogens with zero attached hydrogens (tertiary/aromatic N) is 2. The van der Waals surface area contributed by atoms with Crippen molar-refractivity contribution in [2.75, 3.05) is 0 Å². The van der Waals surface area contributed by atoms with Crippen LogP contribution >= 0.6 is 11.6 Å². The highest BCUT2D eigenvalue weighted by atomic mass is 35.5. The van der Waals surface area contributed by atoms with E-state index in [-0.39, 0.29) is 5.56 Å². The van der Waals surface area contributed by atoms with Gasteiger partial charge in [-0.05, 0) is 6.92 Å². The lowest BCUT2D eigenvalue weighted by Crippen LogP contribution is -2.05. The summed E-state index contributed by atoms with van der Waals surface area (Å²) in [6.45, 7) is 1.13. The number of aromatic carboxylic acids is 1. The summed E-state index contributed by atoms with van der Waals surface area (Å²) >= 11 is 5.54. The smallest absolute Gasteiger partial charge is 0.337 e. The number of carbonyl (C=O) groups is 1. The van der Waals surface area contributed by atoms with Crippen LogP contribution in [0.3, 0.4) is 0 Å². The van der Waals surface area contributed by atoms with E-state index >= 15 is 0 Å². The fourth-order valence-corrected chi connectivity index (χ4v) is 1.63. The van der Waals surface area contributed by atoms with Crippen LogP contribution in [0.1, 0.15) is 15.9 Å². The zero-order valence-corrected chi connectivity index (χ0v) is 9.09. The lowest BCUT2D eigenvalue weighted by atomic mass is 10.1. The number of nitro benzene ring substituents is 2. The second-order valence-electron chi connectivity index (χ2n) is 3.05. The molecule has 0 radical (unpaired) electrons. The van der Waals surface area contributed by atoms with Gasteiger partial charge in [-0.15, -0.1) is 0 Å². The molecule has 0 aliphatic carbocycles. The monoisotopic (exact) mass is 260 g/mol. The first-order valence-electron chi connectivity index (χ1n) is 4.12. The Morgan fingerprint density at radius 1 is 1.35 bits per heavy atom. The third-order valence-corrected chi connectivity index (χ3v) is 2.46. The Hall–Kier alpha value is -2.22. The van der Waals surface area contributed by atoms with Crippen molar-refractivity contribution in [3.63, 3.8) is 0 Å². The minimum atomic E-state index is -1.57. The number of halogens is 1. The number of carboxylic acids is 1. The molecule has 0 fully saturated rings. The SMILES string of the molecule is Cc1c([N+](=O)[O-])cc(C(=O)O)c(Cl)c1[N+](=O)[O-]. The maximum atomic E-state index is 10.8. The van der Waals surface area contributed by atoms with Gasteiger partial charge in [0.1, 0.15) is 10.6 Å². The molecule has 0 aliphatic rings. The van der Waals surface area contributed by atoms with Crippen LogP contribution in [-0.4, -0.2) is 20.9 Å². The average Bonchev–Trinajstić information content (AvgIpc) is 2.15. The van der Waals surface area contributed by atoms with Crippen LogP contribution in [0.2, 0.25) is 5.02 Å². The molecule has 1 rings (SSSR count). The van der Waals surface area contributed by atoms with Crippen molar-refractivity contribution >= 4 is 28.9 Å². The fraction of sp³-hybridized carbons (Fsp3) is 0.125. The first-order valence-corrected chi connectivity index (χ1v) is 4.50. The van der Waals surface area contributed by atoms with Crippen LogP contribution in [0.5, 0.6) is 0 Å². The molecular formula is C8H5ClN2O6. The van der Waals surface area contributed by atoms with Gasteiger partial charge in [-0.25, -0.2) is 4.79 Å². The van der Waals surface area contributed by atoms with Crippen LogP contribution in [0.15, 0.2) is 6.07 Å². The molecule has 0 bridgehead atoms. The summed E-state index contributed by atoms with van der Waals surface area (Å²) in [4.78, 5) is 30.2. The van der Waals surface area contributed by atoms with E-state index in [2.05, 4.69) is 0 Å². The molecule has 0 aliphatic heterocycles. The summed E-state index contributed by atoms with van der Waals surface area (Å²) < 4.78 is 0. The van der Waals surface area contributed by atoms with Crippen molar-refractivity contribution in [2.45, 2.75) is 6.92 Å². The van der Waals surface area contributed by atoms with E-state index in [0.29, 0.717) is 6.07 Å². The first-order chi connectivity index (χ1) is 7.77. The molecular weight excluding hydrogens is 256 g/mol. The highest BCUT2D eigenvalue weighted by molar-refractivity contribution is 6.35. The first kappa shape index (κ1) is 12.8. The molecule has 0 amide bonds. The second kappa shape index (κ2) is 4.34. The molecule has 0 aromatic heterocycles. The normalized spacial score (nSPS) is 10.0. The summed E-state index contributed by atoms with van der Waals surface area (Å²) in [7, 11) is 0. The number of benzene rings is 1. The van der Waals surface area contributed by atoms with E-state index in [0.717, 1.165) is 6.92 Å². The Kier molecular flexibility index (Phi) is 3.28. The van der Waals surface area contributed by atoms with Gasteiger partial charge in [-0.1, -0.05) is 11.6 Å². The molecule has 0 saturated heterocycles. The Bertz CT molecular complexity index is 503. The summed E-state index contributed by atoms with van der Waals surface area (Å²) in [6.07, 6.45) is 0. The van der Waals surface area contributed by atoms with Crippen LogP contribution in [0.25, 0.3) is 0 Å². The predicted octanol–water partition coefficient (Wildman–Crippen LogP) is 2.16. The quantitative estimate of drug-likeness (QED) is 0.656.